The van der Waals surface area contributed by atoms with Crippen LogP contribution in [0.3, 0.4) is 0 Å². The molecule has 0 saturated heterocycles. The van der Waals surface area contributed by atoms with Crippen LogP contribution in [0.5, 0.6) is 11.5 Å². The topological polar surface area (TPSA) is 194 Å². The Morgan fingerprint density at radius 2 is 1.70 bits per heavy atom. The zero-order valence-corrected chi connectivity index (χ0v) is 21.2. The van der Waals surface area contributed by atoms with Gasteiger partial charge in [0.2, 0.25) is 5.91 Å². The van der Waals surface area contributed by atoms with Gasteiger partial charge in [-0.1, -0.05) is 12.1 Å². The van der Waals surface area contributed by atoms with Crippen molar-refractivity contribution in [3.63, 3.8) is 0 Å². The molecule has 2 unspecified atom stereocenters. The minimum atomic E-state index is -6.04. The van der Waals surface area contributed by atoms with Crippen molar-refractivity contribution in [1.29, 1.82) is 0 Å². The standard InChI is InChI=1S/C23H22F5N3O8S/c1-31(2)14-12-16(34)9-10(18(36)21(12,39)19(37)11(17(14)35)20(29)38)15(33)8-6(4-3-5-7(8)32)13(9)30-40-23(27,28)22(24,25)26/h3-5,11-12,14,16,18,30,32-34,36,39H,1-2H3,(H2,29,38)/t11?,12-,14+,16+,18?,21+/m1/s1. The van der Waals surface area contributed by atoms with E-state index in [1.165, 1.54) is 14.1 Å². The Hall–Kier alpha value is -3.25. The summed E-state index contributed by atoms with van der Waals surface area (Å²) in [5.41, 5.74) is -0.412. The van der Waals surface area contributed by atoms with E-state index >= 15 is 0 Å². The fraction of sp³-hybridized carbons (Fsp3) is 0.435. The van der Waals surface area contributed by atoms with Gasteiger partial charge >= 0.3 is 11.4 Å². The maximum atomic E-state index is 13.9. The Balaban J connectivity index is 2.08. The molecule has 4 rings (SSSR count). The lowest BCUT2D eigenvalue weighted by Crippen LogP contribution is -2.71. The van der Waals surface area contributed by atoms with Crippen molar-refractivity contribution < 1.29 is 61.9 Å². The van der Waals surface area contributed by atoms with E-state index in [4.69, 9.17) is 5.73 Å². The first kappa shape index (κ1) is 29.7. The van der Waals surface area contributed by atoms with Crippen molar-refractivity contribution in [2.45, 2.75) is 35.3 Å². The van der Waals surface area contributed by atoms with E-state index < -0.39 is 116 Å². The van der Waals surface area contributed by atoms with Crippen LogP contribution in [0.4, 0.5) is 27.6 Å². The van der Waals surface area contributed by atoms with Gasteiger partial charge in [-0.3, -0.25) is 19.3 Å². The highest BCUT2D eigenvalue weighted by Crippen LogP contribution is 2.60. The van der Waals surface area contributed by atoms with E-state index in [2.05, 4.69) is 0 Å². The number of nitrogens with one attached hydrogen (secondary N) is 1. The number of aliphatic hydroxyl groups excluding tert-OH is 2. The SMILES string of the molecule is CN(C)[C@@H]1C(=O)C(C(N)=O)C(=O)[C@@]2(O)C(O)c3c(c(NSC(F)(F)C(F)(F)F)c4cccc(O)c4c3O)[C@H](O)[C@@H]12. The zero-order chi connectivity index (χ0) is 30.3. The molecule has 218 valence electrons. The molecule has 1 saturated carbocycles. The molecule has 2 aliphatic rings. The number of phenolic OH excluding ortho intramolecular Hbond substituents is 2. The Bertz CT molecular complexity index is 1440. The maximum absolute atomic E-state index is 13.9. The second-order valence-corrected chi connectivity index (χ2v) is 10.6. The van der Waals surface area contributed by atoms with Crippen LogP contribution in [0.2, 0.25) is 0 Å². The van der Waals surface area contributed by atoms with Gasteiger partial charge < -0.3 is 36.0 Å². The Labute approximate surface area is 225 Å². The van der Waals surface area contributed by atoms with E-state index in [1.807, 2.05) is 0 Å². The number of anilines is 1. The van der Waals surface area contributed by atoms with Gasteiger partial charge in [0, 0.05) is 28.5 Å². The molecule has 0 bridgehead atoms. The van der Waals surface area contributed by atoms with Crippen LogP contribution in [-0.2, 0) is 14.4 Å². The number of ketones is 2. The van der Waals surface area contributed by atoms with Crippen LogP contribution >= 0.6 is 11.9 Å². The quantitative estimate of drug-likeness (QED) is 0.113. The number of primary amides is 1. The second-order valence-electron chi connectivity index (χ2n) is 9.68. The van der Waals surface area contributed by atoms with Crippen LogP contribution in [0.15, 0.2) is 18.2 Å². The molecule has 0 aromatic heterocycles. The molecular weight excluding hydrogens is 573 g/mol. The van der Waals surface area contributed by atoms with Crippen molar-refractivity contribution in [1.82, 2.24) is 4.90 Å². The van der Waals surface area contributed by atoms with Gasteiger partial charge in [-0.25, -0.2) is 0 Å². The summed E-state index contributed by atoms with van der Waals surface area (Å²) >= 11 is -1.15. The van der Waals surface area contributed by atoms with Crippen molar-refractivity contribution in [3.05, 3.63) is 29.3 Å². The normalized spacial score (nSPS) is 28.9. The number of carbonyl (C=O) groups is 3. The molecule has 2 aliphatic carbocycles. The molecule has 17 heteroatoms. The first-order valence-electron chi connectivity index (χ1n) is 11.3. The van der Waals surface area contributed by atoms with E-state index in [-0.39, 0.29) is 0 Å². The molecule has 11 nitrogen and oxygen atoms in total. The smallest absolute Gasteiger partial charge is 0.465 e. The molecule has 2 aromatic rings. The molecule has 2 aromatic carbocycles. The lowest BCUT2D eigenvalue weighted by molar-refractivity contribution is -0.237. The third-order valence-corrected chi connectivity index (χ3v) is 8.02. The fourth-order valence-corrected chi connectivity index (χ4v) is 6.06. The molecule has 8 N–H and O–H groups in total. The molecule has 1 amide bonds. The number of benzene rings is 2. The number of nitrogens with two attached hydrogens (primary N) is 1. The van der Waals surface area contributed by atoms with Crippen molar-refractivity contribution in [2.75, 3.05) is 18.8 Å². The highest BCUT2D eigenvalue weighted by atomic mass is 32.2. The minimum Gasteiger partial charge on any atom is -0.507 e. The van der Waals surface area contributed by atoms with Crippen LogP contribution in [-0.4, -0.2) is 85.1 Å². The lowest BCUT2D eigenvalue weighted by Gasteiger charge is -2.53. The van der Waals surface area contributed by atoms with Gasteiger partial charge in [0.15, 0.2) is 23.1 Å². The van der Waals surface area contributed by atoms with Gasteiger partial charge in [0.1, 0.15) is 17.6 Å². The Morgan fingerprint density at radius 3 is 2.23 bits per heavy atom. The van der Waals surface area contributed by atoms with Gasteiger partial charge in [0.25, 0.3) is 0 Å². The number of hydrogen-bond donors (Lipinski definition) is 7. The number of amides is 1. The first-order chi connectivity index (χ1) is 18.3. The number of nitrogens with zero attached hydrogens (tertiary/aromatic N) is 1. The number of likely N-dealkylation sites (N-methyl/N-ethyl adjacent to an activating group) is 1. The van der Waals surface area contributed by atoms with Crippen LogP contribution < -0.4 is 10.5 Å². The lowest BCUT2D eigenvalue weighted by atomic mass is 9.56. The van der Waals surface area contributed by atoms with Crippen molar-refractivity contribution >= 4 is 45.9 Å². The Morgan fingerprint density at radius 1 is 1.10 bits per heavy atom. The number of hydrogen-bond acceptors (Lipinski definition) is 11. The van der Waals surface area contributed by atoms with E-state index in [0.29, 0.717) is 0 Å². The predicted octanol–water partition coefficient (Wildman–Crippen LogP) is 1.08. The van der Waals surface area contributed by atoms with Crippen LogP contribution in [0.25, 0.3) is 10.8 Å². The largest absolute Gasteiger partial charge is 0.507 e. The summed E-state index contributed by atoms with van der Waals surface area (Å²) in [4.78, 5) is 39.6. The molecule has 6 atom stereocenters. The molecule has 1 fully saturated rings. The number of aliphatic hydroxyl groups is 3. The monoisotopic (exact) mass is 595 g/mol. The fourth-order valence-electron chi connectivity index (χ4n) is 5.49. The second kappa shape index (κ2) is 9.41. The van der Waals surface area contributed by atoms with Crippen molar-refractivity contribution in [2.24, 2.45) is 17.6 Å². The van der Waals surface area contributed by atoms with E-state index in [1.54, 1.807) is 4.72 Å². The summed E-state index contributed by atoms with van der Waals surface area (Å²) in [6.07, 6.45) is -10.9. The van der Waals surface area contributed by atoms with E-state index in [9.17, 15) is 61.9 Å². The van der Waals surface area contributed by atoms with Crippen LogP contribution in [0.1, 0.15) is 23.3 Å². The summed E-state index contributed by atoms with van der Waals surface area (Å²) < 4.78 is 68.3. The summed E-state index contributed by atoms with van der Waals surface area (Å²) in [5, 5.41) is 49.5. The number of fused-ring (bicyclic) bond motifs is 3. The van der Waals surface area contributed by atoms with Crippen LogP contribution in [0, 0.1) is 11.8 Å². The minimum absolute atomic E-state index is 0.400. The molecule has 0 heterocycles. The highest BCUT2D eigenvalue weighted by molar-refractivity contribution is 8.01. The van der Waals surface area contributed by atoms with Gasteiger partial charge in [-0.2, -0.15) is 22.0 Å². The van der Waals surface area contributed by atoms with E-state index in [0.717, 1.165) is 23.1 Å². The van der Waals surface area contributed by atoms with Crippen molar-refractivity contribution in [3.8, 4) is 11.5 Å². The molecular formula is C23H22F5N3O8S. The summed E-state index contributed by atoms with van der Waals surface area (Å²) in [5.74, 6) is -10.5. The zero-order valence-electron chi connectivity index (χ0n) is 20.4. The summed E-state index contributed by atoms with van der Waals surface area (Å²) in [6, 6.07) is 1.48. The highest BCUT2D eigenvalue weighted by Gasteiger charge is 2.69. The Kier molecular flexibility index (Phi) is 6.99. The molecule has 0 radical (unpaired) electrons. The average Bonchev–Trinajstić information content (AvgIpc) is 2.82. The van der Waals surface area contributed by atoms with Gasteiger partial charge in [-0.15, -0.1) is 0 Å². The summed E-state index contributed by atoms with van der Waals surface area (Å²) in [7, 11) is 2.50. The molecule has 40 heavy (non-hydrogen) atoms. The number of Topliss-reactive ketones (excluding diaryl/α,β-unsaturated/α-hetero) is 2. The molecule has 0 spiro atoms. The molecule has 0 aliphatic heterocycles. The van der Waals surface area contributed by atoms with Gasteiger partial charge in [0.05, 0.1) is 29.1 Å². The maximum Gasteiger partial charge on any atom is 0.465 e. The number of aromatic hydroxyl groups is 2. The number of alkyl halides is 5. The summed E-state index contributed by atoms with van der Waals surface area (Å²) in [6.45, 7) is 0. The van der Waals surface area contributed by atoms with Gasteiger partial charge in [-0.05, 0) is 20.2 Å². The predicted molar refractivity (Wildman–Crippen MR) is 128 cm³/mol. The first-order valence-corrected chi connectivity index (χ1v) is 12.1. The third-order valence-electron chi connectivity index (χ3n) is 7.22. The third kappa shape index (κ3) is 3.98. The average molecular weight is 595 g/mol. The number of carbonyl (C=O) groups excluding carboxylic acids is 3. The number of phenols is 2. The number of halogens is 5. The number of rotatable bonds is 5.